The normalized spacial score (nSPS) is 13.0. The predicted octanol–water partition coefficient (Wildman–Crippen LogP) is 4.81. The molecule has 0 aliphatic rings. The smallest absolute Gasteiger partial charge is 0.143 e. The van der Waals surface area contributed by atoms with Crippen molar-refractivity contribution in [3.05, 3.63) is 33.8 Å². The van der Waals surface area contributed by atoms with Crippen LogP contribution in [0.15, 0.2) is 16.6 Å². The first kappa shape index (κ1) is 16.6. The summed E-state index contributed by atoms with van der Waals surface area (Å²) in [7, 11) is 0. The maximum Gasteiger partial charge on any atom is 0.143 e. The summed E-state index contributed by atoms with van der Waals surface area (Å²) in [6.45, 7) is 4.21. The summed E-state index contributed by atoms with van der Waals surface area (Å²) in [6, 6.07) is 2.47. The Labute approximate surface area is 122 Å². The van der Waals surface area contributed by atoms with Crippen LogP contribution in [0.2, 0.25) is 0 Å². The number of halogens is 3. The zero-order chi connectivity index (χ0) is 14.4. The summed E-state index contributed by atoms with van der Waals surface area (Å²) < 4.78 is 27.9. The fourth-order valence-electron chi connectivity index (χ4n) is 2.47. The Morgan fingerprint density at radius 1 is 1.16 bits per heavy atom. The average molecular weight is 334 g/mol. The van der Waals surface area contributed by atoms with Gasteiger partial charge in [0.15, 0.2) is 0 Å². The first-order chi connectivity index (χ1) is 9.01. The largest absolute Gasteiger partial charge is 0.327 e. The van der Waals surface area contributed by atoms with E-state index in [-0.39, 0.29) is 18.0 Å². The zero-order valence-corrected chi connectivity index (χ0v) is 13.1. The molecule has 1 aromatic carbocycles. The standard InChI is InChI=1S/C15H22BrF2N/c1-3-5-10(6-4-2)14(19)9-11-13(17)8-7-12(16)15(11)18/h7-8,10,14H,3-6,9,19H2,1-2H3. The van der Waals surface area contributed by atoms with Crippen molar-refractivity contribution in [1.82, 2.24) is 0 Å². The van der Waals surface area contributed by atoms with E-state index in [0.717, 1.165) is 25.7 Å². The molecule has 0 aromatic heterocycles. The molecule has 1 rings (SSSR count). The minimum Gasteiger partial charge on any atom is -0.327 e. The Morgan fingerprint density at radius 2 is 1.74 bits per heavy atom. The molecule has 0 radical (unpaired) electrons. The Morgan fingerprint density at radius 3 is 2.26 bits per heavy atom. The van der Waals surface area contributed by atoms with Crippen LogP contribution in [-0.2, 0) is 6.42 Å². The van der Waals surface area contributed by atoms with E-state index in [1.54, 1.807) is 0 Å². The van der Waals surface area contributed by atoms with Gasteiger partial charge in [-0.3, -0.25) is 0 Å². The maximum atomic E-state index is 13.9. The lowest BCUT2D eigenvalue weighted by molar-refractivity contribution is 0.353. The first-order valence-electron chi connectivity index (χ1n) is 6.89. The minimum absolute atomic E-state index is 0.0964. The lowest BCUT2D eigenvalue weighted by Crippen LogP contribution is -2.33. The van der Waals surface area contributed by atoms with E-state index in [1.807, 2.05) is 0 Å². The third kappa shape index (κ3) is 4.53. The third-order valence-corrected chi connectivity index (χ3v) is 4.12. The fourth-order valence-corrected chi connectivity index (χ4v) is 2.84. The molecule has 0 fully saturated rings. The van der Waals surface area contributed by atoms with Crippen LogP contribution >= 0.6 is 15.9 Å². The Bertz CT molecular complexity index is 403. The molecule has 1 aromatic rings. The van der Waals surface area contributed by atoms with E-state index < -0.39 is 11.6 Å². The van der Waals surface area contributed by atoms with E-state index in [2.05, 4.69) is 29.8 Å². The van der Waals surface area contributed by atoms with Crippen LogP contribution in [0.3, 0.4) is 0 Å². The molecule has 1 unspecified atom stereocenters. The summed E-state index contributed by atoms with van der Waals surface area (Å²) in [5.74, 6) is -0.710. The zero-order valence-electron chi connectivity index (χ0n) is 11.6. The van der Waals surface area contributed by atoms with Gasteiger partial charge in [-0.05, 0) is 53.2 Å². The first-order valence-corrected chi connectivity index (χ1v) is 7.68. The fraction of sp³-hybridized carbons (Fsp3) is 0.600. The number of benzene rings is 1. The Balaban J connectivity index is 2.85. The molecule has 1 nitrogen and oxygen atoms in total. The van der Waals surface area contributed by atoms with Gasteiger partial charge in [0, 0.05) is 11.6 Å². The van der Waals surface area contributed by atoms with Crippen LogP contribution in [-0.4, -0.2) is 6.04 Å². The van der Waals surface area contributed by atoms with Gasteiger partial charge in [0.2, 0.25) is 0 Å². The van der Waals surface area contributed by atoms with Crippen LogP contribution < -0.4 is 5.73 Å². The maximum absolute atomic E-state index is 13.9. The van der Waals surface area contributed by atoms with E-state index in [0.29, 0.717) is 10.4 Å². The predicted molar refractivity (Wildman–Crippen MR) is 79.0 cm³/mol. The van der Waals surface area contributed by atoms with Crippen LogP contribution in [0.25, 0.3) is 0 Å². The van der Waals surface area contributed by atoms with Gasteiger partial charge in [0.1, 0.15) is 11.6 Å². The second-order valence-corrected chi connectivity index (χ2v) is 5.88. The number of rotatable bonds is 7. The SMILES string of the molecule is CCCC(CCC)C(N)Cc1c(F)ccc(Br)c1F. The summed E-state index contributed by atoms with van der Waals surface area (Å²) >= 11 is 3.09. The molecular formula is C15H22BrF2N. The van der Waals surface area contributed by atoms with Crippen molar-refractivity contribution in [1.29, 1.82) is 0 Å². The van der Waals surface area contributed by atoms with Crippen LogP contribution in [0.1, 0.15) is 45.1 Å². The van der Waals surface area contributed by atoms with Crippen LogP contribution in [0.4, 0.5) is 8.78 Å². The highest BCUT2D eigenvalue weighted by Gasteiger charge is 2.21. The lowest BCUT2D eigenvalue weighted by atomic mass is 9.87. The molecule has 0 bridgehead atoms. The number of nitrogens with two attached hydrogens (primary N) is 1. The molecule has 19 heavy (non-hydrogen) atoms. The molecule has 0 heterocycles. The third-order valence-electron chi connectivity index (χ3n) is 3.50. The second-order valence-electron chi connectivity index (χ2n) is 5.03. The molecule has 2 N–H and O–H groups in total. The quantitative estimate of drug-likeness (QED) is 0.711. The molecular weight excluding hydrogens is 312 g/mol. The van der Waals surface area contributed by atoms with Crippen molar-refractivity contribution >= 4 is 15.9 Å². The van der Waals surface area contributed by atoms with E-state index >= 15 is 0 Å². The molecule has 0 saturated carbocycles. The summed E-state index contributed by atoms with van der Waals surface area (Å²) in [5, 5.41) is 0. The van der Waals surface area contributed by atoms with Gasteiger partial charge in [0.25, 0.3) is 0 Å². The molecule has 4 heteroatoms. The topological polar surface area (TPSA) is 26.0 Å². The van der Waals surface area contributed by atoms with Gasteiger partial charge in [-0.15, -0.1) is 0 Å². The summed E-state index contributed by atoms with van der Waals surface area (Å²) in [5.41, 5.74) is 6.26. The molecule has 1 atom stereocenters. The van der Waals surface area contributed by atoms with Crippen molar-refractivity contribution < 1.29 is 8.78 Å². The van der Waals surface area contributed by atoms with Gasteiger partial charge in [-0.2, -0.15) is 0 Å². The van der Waals surface area contributed by atoms with Crippen molar-refractivity contribution in [2.75, 3.05) is 0 Å². The van der Waals surface area contributed by atoms with Gasteiger partial charge in [-0.25, -0.2) is 8.78 Å². The number of hydrogen-bond donors (Lipinski definition) is 1. The van der Waals surface area contributed by atoms with Gasteiger partial charge in [-0.1, -0.05) is 26.7 Å². The molecule has 0 amide bonds. The molecule has 0 aliphatic heterocycles. The van der Waals surface area contributed by atoms with Crippen molar-refractivity contribution in [2.24, 2.45) is 11.7 Å². The molecule has 0 saturated heterocycles. The average Bonchev–Trinajstić information content (AvgIpc) is 2.38. The highest BCUT2D eigenvalue weighted by atomic mass is 79.9. The van der Waals surface area contributed by atoms with Crippen LogP contribution in [0.5, 0.6) is 0 Å². The van der Waals surface area contributed by atoms with E-state index in [1.165, 1.54) is 12.1 Å². The van der Waals surface area contributed by atoms with E-state index in [4.69, 9.17) is 5.73 Å². The molecule has 0 aliphatic carbocycles. The lowest BCUT2D eigenvalue weighted by Gasteiger charge is -2.23. The summed E-state index contributed by atoms with van der Waals surface area (Å²) in [4.78, 5) is 0. The van der Waals surface area contributed by atoms with Gasteiger partial charge >= 0.3 is 0 Å². The van der Waals surface area contributed by atoms with Gasteiger partial charge < -0.3 is 5.73 Å². The van der Waals surface area contributed by atoms with E-state index in [9.17, 15) is 8.78 Å². The molecule has 0 spiro atoms. The Kier molecular flexibility index (Phi) is 6.94. The highest BCUT2D eigenvalue weighted by Crippen LogP contribution is 2.25. The Hall–Kier alpha value is -0.480. The monoisotopic (exact) mass is 333 g/mol. The van der Waals surface area contributed by atoms with Crippen molar-refractivity contribution in [2.45, 2.75) is 52.0 Å². The van der Waals surface area contributed by atoms with Crippen molar-refractivity contribution in [3.63, 3.8) is 0 Å². The van der Waals surface area contributed by atoms with Crippen LogP contribution in [0, 0.1) is 17.6 Å². The minimum atomic E-state index is -0.526. The summed E-state index contributed by atoms with van der Waals surface area (Å²) in [6.07, 6.45) is 4.35. The highest BCUT2D eigenvalue weighted by molar-refractivity contribution is 9.10. The number of hydrogen-bond acceptors (Lipinski definition) is 1. The second kappa shape index (κ2) is 7.95. The molecule has 108 valence electrons. The van der Waals surface area contributed by atoms with Crippen molar-refractivity contribution in [3.8, 4) is 0 Å². The van der Waals surface area contributed by atoms with Gasteiger partial charge in [0.05, 0.1) is 4.47 Å².